The monoisotopic (exact) mass is 221 g/mol. The Morgan fingerprint density at radius 2 is 2.19 bits per heavy atom. The lowest BCUT2D eigenvalue weighted by Gasteiger charge is -2.22. The minimum atomic E-state index is 0.767. The second-order valence-corrected chi connectivity index (χ2v) is 4.81. The first-order chi connectivity index (χ1) is 7.93. The van der Waals surface area contributed by atoms with Gasteiger partial charge in [0.2, 0.25) is 0 Å². The molecule has 1 fully saturated rings. The zero-order valence-corrected chi connectivity index (χ0v) is 9.59. The molecular formula is C12H19N3O. The number of ether oxygens (including phenoxy) is 1. The van der Waals surface area contributed by atoms with Crippen LogP contribution in [-0.4, -0.2) is 30.0 Å². The molecule has 0 spiro atoms. The van der Waals surface area contributed by atoms with Crippen molar-refractivity contribution in [3.05, 3.63) is 17.0 Å². The van der Waals surface area contributed by atoms with Gasteiger partial charge in [0.25, 0.3) is 0 Å². The topological polar surface area (TPSA) is 49.9 Å². The molecule has 1 saturated heterocycles. The number of aromatic amines is 1. The van der Waals surface area contributed by atoms with Gasteiger partial charge in [-0.05, 0) is 25.2 Å². The molecule has 2 aliphatic rings. The first-order valence-electron chi connectivity index (χ1n) is 6.27. The van der Waals surface area contributed by atoms with Crippen LogP contribution in [0.15, 0.2) is 0 Å². The third-order valence-corrected chi connectivity index (χ3v) is 3.71. The summed E-state index contributed by atoms with van der Waals surface area (Å²) in [5.74, 6) is 0.767. The van der Waals surface area contributed by atoms with Gasteiger partial charge in [-0.25, -0.2) is 0 Å². The summed E-state index contributed by atoms with van der Waals surface area (Å²) in [5, 5.41) is 11.1. The van der Waals surface area contributed by atoms with E-state index in [4.69, 9.17) is 4.74 Å². The largest absolute Gasteiger partial charge is 0.381 e. The maximum Gasteiger partial charge on any atom is 0.0672 e. The molecule has 3 rings (SSSR count). The second kappa shape index (κ2) is 4.55. The van der Waals surface area contributed by atoms with Crippen LogP contribution in [0.1, 0.15) is 29.8 Å². The van der Waals surface area contributed by atoms with Crippen LogP contribution in [0.25, 0.3) is 0 Å². The van der Waals surface area contributed by atoms with E-state index in [1.54, 1.807) is 0 Å². The van der Waals surface area contributed by atoms with Gasteiger partial charge in [0, 0.05) is 44.0 Å². The van der Waals surface area contributed by atoms with E-state index in [-0.39, 0.29) is 0 Å². The summed E-state index contributed by atoms with van der Waals surface area (Å²) in [7, 11) is 0. The van der Waals surface area contributed by atoms with E-state index in [9.17, 15) is 0 Å². The van der Waals surface area contributed by atoms with Gasteiger partial charge in [-0.2, -0.15) is 5.10 Å². The number of hydrogen-bond acceptors (Lipinski definition) is 3. The maximum absolute atomic E-state index is 5.39. The third-order valence-electron chi connectivity index (χ3n) is 3.71. The van der Waals surface area contributed by atoms with E-state index in [1.807, 2.05) is 0 Å². The predicted molar refractivity (Wildman–Crippen MR) is 61.2 cm³/mol. The molecule has 0 unspecified atom stereocenters. The lowest BCUT2D eigenvalue weighted by Crippen LogP contribution is -2.24. The van der Waals surface area contributed by atoms with E-state index >= 15 is 0 Å². The van der Waals surface area contributed by atoms with Gasteiger partial charge >= 0.3 is 0 Å². The van der Waals surface area contributed by atoms with Crippen LogP contribution in [0.4, 0.5) is 0 Å². The molecule has 1 aromatic heterocycles. The summed E-state index contributed by atoms with van der Waals surface area (Å²) in [6, 6.07) is 0. The Kier molecular flexibility index (Phi) is 2.93. The summed E-state index contributed by atoms with van der Waals surface area (Å²) in [6.45, 7) is 3.92. The zero-order chi connectivity index (χ0) is 10.8. The molecule has 0 aliphatic carbocycles. The van der Waals surface area contributed by atoms with E-state index in [2.05, 4.69) is 15.5 Å². The summed E-state index contributed by atoms with van der Waals surface area (Å²) < 4.78 is 5.39. The minimum absolute atomic E-state index is 0.767. The summed E-state index contributed by atoms with van der Waals surface area (Å²) in [5.41, 5.74) is 4.06. The first-order valence-corrected chi connectivity index (χ1v) is 6.27. The lowest BCUT2D eigenvalue weighted by atomic mass is 9.92. The van der Waals surface area contributed by atoms with Crippen molar-refractivity contribution in [1.82, 2.24) is 15.5 Å². The highest BCUT2D eigenvalue weighted by atomic mass is 16.5. The smallest absolute Gasteiger partial charge is 0.0672 e. The molecule has 3 heterocycles. The normalized spacial score (nSPS) is 22.0. The highest BCUT2D eigenvalue weighted by molar-refractivity contribution is 5.27. The molecule has 0 atom stereocenters. The number of aromatic nitrogens is 2. The summed E-state index contributed by atoms with van der Waals surface area (Å²) in [6.07, 6.45) is 4.59. The molecule has 2 N–H and O–H groups in total. The van der Waals surface area contributed by atoms with Crippen LogP contribution in [0, 0.1) is 5.92 Å². The average Bonchev–Trinajstić information content (AvgIpc) is 2.74. The van der Waals surface area contributed by atoms with Crippen molar-refractivity contribution in [2.75, 3.05) is 19.8 Å². The maximum atomic E-state index is 5.39. The van der Waals surface area contributed by atoms with Crippen LogP contribution in [0.3, 0.4) is 0 Å². The first kappa shape index (κ1) is 10.3. The van der Waals surface area contributed by atoms with Crippen LogP contribution in [-0.2, 0) is 24.1 Å². The highest BCUT2D eigenvalue weighted by Crippen LogP contribution is 2.23. The fourth-order valence-corrected chi connectivity index (χ4v) is 2.68. The number of hydrogen-bond donors (Lipinski definition) is 2. The number of nitrogens with one attached hydrogen (secondary N) is 2. The Morgan fingerprint density at radius 1 is 1.31 bits per heavy atom. The molecule has 0 aromatic carbocycles. The van der Waals surface area contributed by atoms with Crippen molar-refractivity contribution >= 4 is 0 Å². The predicted octanol–water partition coefficient (Wildman–Crippen LogP) is 1.02. The van der Waals surface area contributed by atoms with Crippen LogP contribution < -0.4 is 5.32 Å². The molecule has 4 heteroatoms. The summed E-state index contributed by atoms with van der Waals surface area (Å²) >= 11 is 0. The molecule has 0 radical (unpaired) electrons. The van der Waals surface area contributed by atoms with Gasteiger partial charge in [-0.3, -0.25) is 5.10 Å². The fourth-order valence-electron chi connectivity index (χ4n) is 2.68. The van der Waals surface area contributed by atoms with Crippen LogP contribution in [0.5, 0.6) is 0 Å². The van der Waals surface area contributed by atoms with Gasteiger partial charge in [0.05, 0.1) is 5.69 Å². The molecule has 2 aliphatic heterocycles. The van der Waals surface area contributed by atoms with Gasteiger partial charge in [0.1, 0.15) is 0 Å². The van der Waals surface area contributed by atoms with Crippen molar-refractivity contribution in [3.63, 3.8) is 0 Å². The van der Waals surface area contributed by atoms with E-state index in [0.29, 0.717) is 0 Å². The summed E-state index contributed by atoms with van der Waals surface area (Å²) in [4.78, 5) is 0. The Hall–Kier alpha value is -0.870. The third kappa shape index (κ3) is 1.99. The van der Waals surface area contributed by atoms with Crippen molar-refractivity contribution in [1.29, 1.82) is 0 Å². The van der Waals surface area contributed by atoms with Crippen LogP contribution >= 0.6 is 0 Å². The van der Waals surface area contributed by atoms with Gasteiger partial charge in [0.15, 0.2) is 0 Å². The SMILES string of the molecule is C1Cc2[nH]nc(CC3CCOCC3)c2CN1. The minimum Gasteiger partial charge on any atom is -0.381 e. The van der Waals surface area contributed by atoms with Crippen molar-refractivity contribution in [2.45, 2.75) is 32.2 Å². The average molecular weight is 221 g/mol. The molecular weight excluding hydrogens is 202 g/mol. The van der Waals surface area contributed by atoms with Gasteiger partial charge in [-0.1, -0.05) is 0 Å². The Balaban J connectivity index is 1.71. The number of fused-ring (bicyclic) bond motifs is 1. The number of nitrogens with zero attached hydrogens (tertiary/aromatic N) is 1. The quantitative estimate of drug-likeness (QED) is 0.784. The highest BCUT2D eigenvalue weighted by Gasteiger charge is 2.21. The van der Waals surface area contributed by atoms with E-state index in [0.717, 1.165) is 45.1 Å². The van der Waals surface area contributed by atoms with E-state index < -0.39 is 0 Å². The zero-order valence-electron chi connectivity index (χ0n) is 9.59. The lowest BCUT2D eigenvalue weighted by molar-refractivity contribution is 0.0662. The Morgan fingerprint density at radius 3 is 3.06 bits per heavy atom. The fraction of sp³-hybridized carbons (Fsp3) is 0.750. The van der Waals surface area contributed by atoms with E-state index in [1.165, 1.54) is 29.8 Å². The number of H-pyrrole nitrogens is 1. The molecule has 4 nitrogen and oxygen atoms in total. The second-order valence-electron chi connectivity index (χ2n) is 4.81. The standard InChI is InChI=1S/C12H19N3O/c1-4-13-8-10-11(1)14-15-12(10)7-9-2-5-16-6-3-9/h9,13H,1-8H2,(H,14,15). The Labute approximate surface area is 95.8 Å². The molecule has 1 aromatic rings. The molecule has 0 bridgehead atoms. The van der Waals surface area contributed by atoms with Gasteiger partial charge in [-0.15, -0.1) is 0 Å². The van der Waals surface area contributed by atoms with Gasteiger partial charge < -0.3 is 10.1 Å². The van der Waals surface area contributed by atoms with Crippen molar-refractivity contribution in [3.8, 4) is 0 Å². The molecule has 88 valence electrons. The molecule has 0 amide bonds. The van der Waals surface area contributed by atoms with Crippen molar-refractivity contribution < 1.29 is 4.74 Å². The van der Waals surface area contributed by atoms with Crippen LogP contribution in [0.2, 0.25) is 0 Å². The molecule has 0 saturated carbocycles. The number of rotatable bonds is 2. The molecule has 16 heavy (non-hydrogen) atoms. The Bertz CT molecular complexity index is 355. The van der Waals surface area contributed by atoms with Crippen molar-refractivity contribution in [2.24, 2.45) is 5.92 Å².